The zero-order chi connectivity index (χ0) is 33.1. The maximum atomic E-state index is 14.2. The molecule has 1 N–H and O–H groups in total. The lowest BCUT2D eigenvalue weighted by molar-refractivity contribution is -0.295. The Balaban J connectivity index is 1.99. The van der Waals surface area contributed by atoms with Gasteiger partial charge in [-0.25, -0.2) is 0 Å². The molecule has 0 spiro atoms. The van der Waals surface area contributed by atoms with Gasteiger partial charge >= 0.3 is 5.97 Å². The fraction of sp³-hybridized carbons (Fsp3) is 0.941. The summed E-state index contributed by atoms with van der Waals surface area (Å²) in [5.41, 5.74) is -2.31. The average Bonchev–Trinajstić information content (AvgIpc) is 2.95. The zero-order valence-electron chi connectivity index (χ0n) is 29.7. The van der Waals surface area contributed by atoms with Crippen molar-refractivity contribution in [2.45, 2.75) is 129 Å². The fourth-order valence-electron chi connectivity index (χ4n) is 7.88. The Kier molecular flexibility index (Phi) is 12.9. The van der Waals surface area contributed by atoms with Gasteiger partial charge in [-0.1, -0.05) is 13.8 Å². The number of methoxy groups -OCH3 is 1. The fourth-order valence-corrected chi connectivity index (χ4v) is 7.88. The van der Waals surface area contributed by atoms with Gasteiger partial charge in [0.05, 0.1) is 17.8 Å². The molecule has 3 fully saturated rings. The van der Waals surface area contributed by atoms with Gasteiger partial charge in [-0.05, 0) is 107 Å². The summed E-state index contributed by atoms with van der Waals surface area (Å²) in [7, 11) is 7.63. The van der Waals surface area contributed by atoms with E-state index in [2.05, 4.69) is 37.6 Å². The van der Waals surface area contributed by atoms with Gasteiger partial charge in [0.15, 0.2) is 12.1 Å². The van der Waals surface area contributed by atoms with E-state index in [1.165, 1.54) is 0 Å². The molecule has 0 aromatic heterocycles. The second-order valence-corrected chi connectivity index (χ2v) is 15.3. The van der Waals surface area contributed by atoms with Crippen LogP contribution in [0.1, 0.15) is 81.1 Å². The van der Waals surface area contributed by atoms with E-state index in [9.17, 15) is 14.7 Å². The van der Waals surface area contributed by atoms with Gasteiger partial charge in [0, 0.05) is 44.2 Å². The predicted molar refractivity (Wildman–Crippen MR) is 171 cm³/mol. The summed E-state index contributed by atoms with van der Waals surface area (Å²) in [6.45, 7) is 18.7. The van der Waals surface area contributed by atoms with Gasteiger partial charge in [-0.15, -0.1) is 0 Å². The molecule has 0 aromatic carbocycles. The van der Waals surface area contributed by atoms with Gasteiger partial charge in [-0.2, -0.15) is 0 Å². The van der Waals surface area contributed by atoms with Crippen LogP contribution >= 0.6 is 0 Å². The second-order valence-electron chi connectivity index (χ2n) is 15.3. The Morgan fingerprint density at radius 3 is 2.34 bits per heavy atom. The number of likely N-dealkylation sites (tertiary alicyclic amines) is 1. The molecule has 3 aliphatic heterocycles. The minimum Gasteiger partial charge on any atom is -0.463 e. The van der Waals surface area contributed by atoms with Crippen molar-refractivity contribution in [1.29, 1.82) is 0 Å². The van der Waals surface area contributed by atoms with Gasteiger partial charge in [0.25, 0.3) is 0 Å². The molecule has 0 amide bonds. The summed E-state index contributed by atoms with van der Waals surface area (Å²) in [6, 6.07) is 0.322. The second kappa shape index (κ2) is 15.2. The van der Waals surface area contributed by atoms with Crippen molar-refractivity contribution < 1.29 is 33.6 Å². The van der Waals surface area contributed by atoms with Crippen molar-refractivity contribution >= 4 is 11.8 Å². The number of ether oxygens (including phenoxy) is 4. The highest BCUT2D eigenvalue weighted by atomic mass is 16.7. The van der Waals surface area contributed by atoms with Crippen molar-refractivity contribution in [3.63, 3.8) is 0 Å². The zero-order valence-corrected chi connectivity index (χ0v) is 29.7. The normalized spacial score (nSPS) is 40.8. The molecule has 10 heteroatoms. The number of aliphatic hydroxyl groups is 1. The van der Waals surface area contributed by atoms with Crippen LogP contribution in [0.2, 0.25) is 0 Å². The van der Waals surface area contributed by atoms with Gasteiger partial charge in [0.2, 0.25) is 0 Å². The molecular weight excluding hydrogens is 562 g/mol. The minimum absolute atomic E-state index is 0.0307. The Morgan fingerprint density at radius 1 is 1.09 bits per heavy atom. The molecule has 10 nitrogen and oxygen atoms in total. The standard InChI is InChI=1S/C34H63N3O7/c1-21(2)37-15-13-14-25(19-37)27-20-42-32(40)33(6,7)29(39)24(5)30(34(8,41-12)17-22(3)18-36(27)11)44-31-28(38)26(35(9)10)16-23(4)43-31/h21-28,30-31,38H,13-20H2,1-12H3/t22-,23-,24+,25+,26+,27+,28-,30-,31+,34-/m1/s1. The first-order valence-electron chi connectivity index (χ1n) is 16.8. The summed E-state index contributed by atoms with van der Waals surface area (Å²) in [5, 5.41) is 11.3. The highest BCUT2D eigenvalue weighted by molar-refractivity contribution is 6.04. The van der Waals surface area contributed by atoms with Crippen molar-refractivity contribution in [2.24, 2.45) is 23.2 Å². The predicted octanol–water partition coefficient (Wildman–Crippen LogP) is 3.44. The molecule has 10 atom stereocenters. The van der Waals surface area contributed by atoms with Gasteiger partial charge < -0.3 is 33.9 Å². The Labute approximate surface area is 267 Å². The average molecular weight is 626 g/mol. The third-order valence-electron chi connectivity index (χ3n) is 10.7. The third-order valence-corrected chi connectivity index (χ3v) is 10.7. The SMILES string of the molecule is CO[C@]1(C)C[C@@H](C)CN(C)[C@H]([C@H]2CCCN(C(C)C)C2)COC(=O)C(C)(C)C(=O)[C@H](C)[C@H]1O[C@@H]1O[C@H](C)C[C@H](N(C)C)[C@H]1O. The van der Waals surface area contributed by atoms with Crippen molar-refractivity contribution in [3.8, 4) is 0 Å². The molecule has 3 aliphatic rings. The van der Waals surface area contributed by atoms with Crippen LogP contribution in [0, 0.1) is 23.2 Å². The van der Waals surface area contributed by atoms with Gasteiger partial charge in [-0.3, -0.25) is 14.5 Å². The number of cyclic esters (lactones) is 1. The number of likely N-dealkylation sites (N-methyl/N-ethyl adjacent to an activating group) is 2. The first-order valence-corrected chi connectivity index (χ1v) is 16.8. The van der Waals surface area contributed by atoms with Crippen molar-refractivity contribution in [1.82, 2.24) is 14.7 Å². The summed E-state index contributed by atoms with van der Waals surface area (Å²) < 4.78 is 25.1. The molecular formula is C34H63N3O7. The van der Waals surface area contributed by atoms with Crippen LogP contribution < -0.4 is 0 Å². The third kappa shape index (κ3) is 8.41. The lowest BCUT2D eigenvalue weighted by atomic mass is 9.74. The van der Waals surface area contributed by atoms with Crippen LogP contribution in [0.3, 0.4) is 0 Å². The van der Waals surface area contributed by atoms with E-state index in [1.54, 1.807) is 27.9 Å². The Bertz CT molecular complexity index is 961. The van der Waals surface area contributed by atoms with Crippen molar-refractivity contribution in [3.05, 3.63) is 0 Å². The molecule has 0 aromatic rings. The van der Waals surface area contributed by atoms with E-state index in [-0.39, 0.29) is 36.5 Å². The van der Waals surface area contributed by atoms with E-state index in [0.29, 0.717) is 24.8 Å². The number of piperidine rings is 1. The quantitative estimate of drug-likeness (QED) is 0.349. The monoisotopic (exact) mass is 625 g/mol. The number of carbonyl (C=O) groups excluding carboxylic acids is 2. The number of hydrogen-bond acceptors (Lipinski definition) is 10. The van der Waals surface area contributed by atoms with Crippen LogP contribution in [0.15, 0.2) is 0 Å². The van der Waals surface area contributed by atoms with Crippen LogP contribution in [-0.4, -0.2) is 134 Å². The number of carbonyl (C=O) groups is 2. The molecule has 0 bridgehead atoms. The first kappa shape index (κ1) is 37.3. The number of aliphatic hydroxyl groups excluding tert-OH is 1. The molecule has 44 heavy (non-hydrogen) atoms. The number of hydrogen-bond donors (Lipinski definition) is 1. The number of ketones is 1. The first-order chi connectivity index (χ1) is 20.4. The topological polar surface area (TPSA) is 101 Å². The van der Waals surface area contributed by atoms with Gasteiger partial charge in [0.1, 0.15) is 18.1 Å². The highest BCUT2D eigenvalue weighted by Gasteiger charge is 2.51. The Hall–Kier alpha value is -1.14. The maximum absolute atomic E-state index is 14.2. The summed E-state index contributed by atoms with van der Waals surface area (Å²) >= 11 is 0. The molecule has 0 saturated carbocycles. The molecule has 3 heterocycles. The number of esters is 1. The number of Topliss-reactive ketones (excluding diaryl/α,β-unsaturated/α-hetero) is 1. The summed E-state index contributed by atoms with van der Waals surface area (Å²) in [5.74, 6) is -1.03. The number of nitrogens with zero attached hydrogens (tertiary/aromatic N) is 3. The van der Waals surface area contributed by atoms with Crippen LogP contribution in [0.5, 0.6) is 0 Å². The summed E-state index contributed by atoms with van der Waals surface area (Å²) in [4.78, 5) is 34.8. The van der Waals surface area contributed by atoms with E-state index in [4.69, 9.17) is 18.9 Å². The smallest absolute Gasteiger partial charge is 0.319 e. The molecule has 3 rings (SSSR count). The highest BCUT2D eigenvalue weighted by Crippen LogP contribution is 2.38. The lowest BCUT2D eigenvalue weighted by Gasteiger charge is -2.47. The Morgan fingerprint density at radius 2 is 1.75 bits per heavy atom. The summed E-state index contributed by atoms with van der Waals surface area (Å²) in [6.07, 6.45) is 0.646. The molecule has 0 aliphatic carbocycles. The molecule has 0 radical (unpaired) electrons. The van der Waals surface area contributed by atoms with Crippen LogP contribution in [0.25, 0.3) is 0 Å². The van der Waals surface area contributed by atoms with E-state index >= 15 is 0 Å². The number of rotatable bonds is 6. The van der Waals surface area contributed by atoms with Crippen LogP contribution in [-0.2, 0) is 28.5 Å². The van der Waals surface area contributed by atoms with E-state index < -0.39 is 41.4 Å². The molecule has 0 unspecified atom stereocenters. The molecule has 256 valence electrons. The maximum Gasteiger partial charge on any atom is 0.319 e. The van der Waals surface area contributed by atoms with E-state index in [1.807, 2.05) is 32.8 Å². The largest absolute Gasteiger partial charge is 0.463 e. The van der Waals surface area contributed by atoms with E-state index in [0.717, 1.165) is 32.5 Å². The van der Waals surface area contributed by atoms with Crippen LogP contribution in [0.4, 0.5) is 0 Å². The molecule has 3 saturated heterocycles. The van der Waals surface area contributed by atoms with Crippen molar-refractivity contribution in [2.75, 3.05) is 54.5 Å². The lowest BCUT2D eigenvalue weighted by Crippen LogP contribution is -2.59. The minimum atomic E-state index is -1.40.